The molecule has 1 aliphatic heterocycles. The van der Waals surface area contributed by atoms with E-state index in [2.05, 4.69) is 10.6 Å². The number of hydrogen-bond acceptors (Lipinski definition) is 6. The van der Waals surface area contributed by atoms with E-state index in [1.807, 2.05) is 0 Å². The Hall–Kier alpha value is -4.01. The summed E-state index contributed by atoms with van der Waals surface area (Å²) < 4.78 is 10.5. The van der Waals surface area contributed by atoms with Crippen molar-refractivity contribution in [1.82, 2.24) is 0 Å². The minimum atomic E-state index is -0.666. The second-order valence-corrected chi connectivity index (χ2v) is 8.15. The summed E-state index contributed by atoms with van der Waals surface area (Å²) in [4.78, 5) is 39.5. The number of halogens is 2. The first-order valence-electron chi connectivity index (χ1n) is 10.3. The normalized spacial score (nSPS) is 13.2. The summed E-state index contributed by atoms with van der Waals surface area (Å²) in [5.74, 6) is -0.703. The first kappa shape index (κ1) is 24.1. The van der Waals surface area contributed by atoms with Crippen LogP contribution < -0.4 is 25.0 Å². The highest BCUT2D eigenvalue weighted by atomic mass is 35.5. The molecule has 0 radical (unpaired) electrons. The zero-order valence-corrected chi connectivity index (χ0v) is 20.1. The number of methoxy groups -OCH3 is 2. The van der Waals surface area contributed by atoms with Crippen molar-refractivity contribution in [2.45, 2.75) is 0 Å². The van der Waals surface area contributed by atoms with Crippen LogP contribution in [0.2, 0.25) is 5.02 Å². The lowest BCUT2D eigenvalue weighted by Crippen LogP contribution is -2.32. The number of rotatable bonds is 7. The molecule has 10 heteroatoms. The van der Waals surface area contributed by atoms with E-state index in [0.717, 1.165) is 4.90 Å². The fourth-order valence-corrected chi connectivity index (χ4v) is 3.76. The zero-order chi connectivity index (χ0) is 25.1. The summed E-state index contributed by atoms with van der Waals surface area (Å²) in [5, 5.41) is 5.85. The number of amides is 3. The summed E-state index contributed by atoms with van der Waals surface area (Å²) in [6, 6.07) is 17.7. The minimum absolute atomic E-state index is 0.0985. The summed E-state index contributed by atoms with van der Waals surface area (Å²) >= 11 is 12.1. The molecule has 4 rings (SSSR count). The third-order valence-electron chi connectivity index (χ3n) is 5.16. The third kappa shape index (κ3) is 4.94. The van der Waals surface area contributed by atoms with Crippen LogP contribution in [0, 0.1) is 0 Å². The van der Waals surface area contributed by atoms with Crippen LogP contribution in [0.4, 0.5) is 17.1 Å². The molecule has 0 fully saturated rings. The van der Waals surface area contributed by atoms with Crippen LogP contribution in [-0.4, -0.2) is 31.9 Å². The van der Waals surface area contributed by atoms with Gasteiger partial charge in [0.05, 0.1) is 25.6 Å². The lowest BCUT2D eigenvalue weighted by atomic mass is 10.1. The van der Waals surface area contributed by atoms with E-state index in [1.165, 1.54) is 20.3 Å². The average molecular weight is 512 g/mol. The molecule has 0 aromatic heterocycles. The van der Waals surface area contributed by atoms with Crippen molar-refractivity contribution in [3.8, 4) is 11.5 Å². The largest absolute Gasteiger partial charge is 0.497 e. The van der Waals surface area contributed by atoms with Crippen LogP contribution in [0.25, 0.3) is 0 Å². The van der Waals surface area contributed by atoms with Crippen LogP contribution in [0.5, 0.6) is 11.5 Å². The van der Waals surface area contributed by atoms with Gasteiger partial charge in [0.1, 0.15) is 22.2 Å². The maximum atomic E-state index is 13.0. The molecule has 0 saturated heterocycles. The van der Waals surface area contributed by atoms with E-state index >= 15 is 0 Å². The average Bonchev–Trinajstić information content (AvgIpc) is 3.07. The molecule has 3 aromatic carbocycles. The lowest BCUT2D eigenvalue weighted by Gasteiger charge is -2.15. The first-order chi connectivity index (χ1) is 16.8. The van der Waals surface area contributed by atoms with Gasteiger partial charge in [0.2, 0.25) is 0 Å². The van der Waals surface area contributed by atoms with Crippen molar-refractivity contribution in [2.75, 3.05) is 29.8 Å². The molecule has 2 N–H and O–H groups in total. The van der Waals surface area contributed by atoms with E-state index in [0.29, 0.717) is 39.1 Å². The SMILES string of the molecule is COc1ccc(OC)c(NC(=O)c2cccc(NC3=C(Cl)C(=O)N(c4ccc(Cl)cc4)C3=O)c2)c1. The third-order valence-corrected chi connectivity index (χ3v) is 5.76. The van der Waals surface area contributed by atoms with Gasteiger partial charge in [0.15, 0.2) is 0 Å². The van der Waals surface area contributed by atoms with Gasteiger partial charge in [-0.25, -0.2) is 4.90 Å². The van der Waals surface area contributed by atoms with Crippen LogP contribution >= 0.6 is 23.2 Å². The number of carbonyl (C=O) groups is 3. The molecule has 0 spiro atoms. The van der Waals surface area contributed by atoms with Crippen molar-refractivity contribution in [2.24, 2.45) is 0 Å². The van der Waals surface area contributed by atoms with Crippen LogP contribution in [-0.2, 0) is 9.59 Å². The number of nitrogens with one attached hydrogen (secondary N) is 2. The molecule has 0 aliphatic carbocycles. The van der Waals surface area contributed by atoms with Gasteiger partial charge in [0, 0.05) is 22.3 Å². The highest BCUT2D eigenvalue weighted by molar-refractivity contribution is 6.53. The Kier molecular flexibility index (Phi) is 6.95. The van der Waals surface area contributed by atoms with Crippen LogP contribution in [0.15, 0.2) is 77.5 Å². The van der Waals surface area contributed by atoms with Gasteiger partial charge in [-0.3, -0.25) is 14.4 Å². The molecule has 3 aromatic rings. The molecule has 35 heavy (non-hydrogen) atoms. The van der Waals surface area contributed by atoms with E-state index in [-0.39, 0.29) is 10.7 Å². The van der Waals surface area contributed by atoms with Gasteiger partial charge >= 0.3 is 0 Å². The van der Waals surface area contributed by atoms with Gasteiger partial charge in [-0.05, 0) is 54.6 Å². The number of imide groups is 1. The highest BCUT2D eigenvalue weighted by Crippen LogP contribution is 2.32. The Bertz CT molecular complexity index is 1360. The molecule has 0 atom stereocenters. The van der Waals surface area contributed by atoms with Crippen LogP contribution in [0.1, 0.15) is 10.4 Å². The smallest absolute Gasteiger partial charge is 0.283 e. The Morgan fingerprint density at radius 2 is 1.63 bits per heavy atom. The molecular formula is C25H19Cl2N3O5. The monoisotopic (exact) mass is 511 g/mol. The minimum Gasteiger partial charge on any atom is -0.497 e. The number of benzene rings is 3. The molecule has 178 valence electrons. The van der Waals surface area contributed by atoms with E-state index in [4.69, 9.17) is 32.7 Å². The quantitative estimate of drug-likeness (QED) is 0.431. The van der Waals surface area contributed by atoms with E-state index in [1.54, 1.807) is 60.7 Å². The van der Waals surface area contributed by atoms with Gasteiger partial charge in [0.25, 0.3) is 17.7 Å². The van der Waals surface area contributed by atoms with Gasteiger partial charge < -0.3 is 20.1 Å². The predicted octanol–water partition coefficient (Wildman–Crippen LogP) is 5.05. The molecule has 8 nitrogen and oxygen atoms in total. The Balaban J connectivity index is 1.55. The summed E-state index contributed by atoms with van der Waals surface area (Å²) in [5.41, 5.74) is 1.35. The molecule has 0 saturated carbocycles. The lowest BCUT2D eigenvalue weighted by molar-refractivity contribution is -0.120. The zero-order valence-electron chi connectivity index (χ0n) is 18.6. The van der Waals surface area contributed by atoms with E-state index in [9.17, 15) is 14.4 Å². The van der Waals surface area contributed by atoms with Crippen molar-refractivity contribution >= 4 is 58.0 Å². The van der Waals surface area contributed by atoms with Crippen molar-refractivity contribution in [1.29, 1.82) is 0 Å². The summed E-state index contributed by atoms with van der Waals surface area (Å²) in [7, 11) is 3.01. The molecule has 0 bridgehead atoms. The van der Waals surface area contributed by atoms with Gasteiger partial charge in [-0.2, -0.15) is 0 Å². The molecule has 0 unspecified atom stereocenters. The predicted molar refractivity (Wildman–Crippen MR) is 134 cm³/mol. The molecule has 1 heterocycles. The first-order valence-corrected chi connectivity index (χ1v) is 11.0. The topological polar surface area (TPSA) is 97.0 Å². The Morgan fingerprint density at radius 3 is 2.31 bits per heavy atom. The Morgan fingerprint density at radius 1 is 0.886 bits per heavy atom. The molecular weight excluding hydrogens is 493 g/mol. The standard InChI is InChI=1S/C25H19Cl2N3O5/c1-34-18-10-11-20(35-2)19(13-18)29-23(31)14-4-3-5-16(12-14)28-22-21(27)24(32)30(25(22)33)17-8-6-15(26)7-9-17/h3-13,28H,1-2H3,(H,29,31). The number of carbonyl (C=O) groups excluding carboxylic acids is 3. The highest BCUT2D eigenvalue weighted by Gasteiger charge is 2.39. The maximum Gasteiger partial charge on any atom is 0.283 e. The fraction of sp³-hybridized carbons (Fsp3) is 0.0800. The van der Waals surface area contributed by atoms with Crippen molar-refractivity contribution in [3.05, 3.63) is 88.0 Å². The summed E-state index contributed by atoms with van der Waals surface area (Å²) in [6.07, 6.45) is 0. The van der Waals surface area contributed by atoms with Crippen LogP contribution in [0.3, 0.4) is 0 Å². The number of hydrogen-bond donors (Lipinski definition) is 2. The fourth-order valence-electron chi connectivity index (χ4n) is 3.42. The second kappa shape index (κ2) is 10.1. The molecule has 1 aliphatic rings. The maximum absolute atomic E-state index is 13.0. The van der Waals surface area contributed by atoms with Gasteiger partial charge in [-0.15, -0.1) is 0 Å². The second-order valence-electron chi connectivity index (χ2n) is 7.34. The number of anilines is 3. The number of nitrogens with zero attached hydrogens (tertiary/aromatic N) is 1. The molecule has 3 amide bonds. The van der Waals surface area contributed by atoms with E-state index < -0.39 is 17.7 Å². The van der Waals surface area contributed by atoms with Gasteiger partial charge in [-0.1, -0.05) is 29.3 Å². The van der Waals surface area contributed by atoms with Crippen molar-refractivity contribution in [3.63, 3.8) is 0 Å². The van der Waals surface area contributed by atoms with Crippen molar-refractivity contribution < 1.29 is 23.9 Å². The Labute approximate surface area is 211 Å². The number of ether oxygens (including phenoxy) is 2. The summed E-state index contributed by atoms with van der Waals surface area (Å²) in [6.45, 7) is 0.